The lowest BCUT2D eigenvalue weighted by Gasteiger charge is -2.17. The Hall–Kier alpha value is -1.09. The van der Waals surface area contributed by atoms with Crippen molar-refractivity contribution in [2.45, 2.75) is 12.8 Å². The summed E-state index contributed by atoms with van der Waals surface area (Å²) < 4.78 is 0. The van der Waals surface area contributed by atoms with Gasteiger partial charge in [-0.2, -0.15) is 0 Å². The largest absolute Gasteiger partial charge is 0.399 e. The van der Waals surface area contributed by atoms with Gasteiger partial charge in [-0.15, -0.1) is 0 Å². The molecule has 0 saturated carbocycles. The molecule has 0 amide bonds. The molecule has 1 aliphatic heterocycles. The van der Waals surface area contributed by atoms with Gasteiger partial charge in [-0.05, 0) is 37.1 Å². The fraction of sp³-hybridized carbons (Fsp3) is 0.300. The number of nitrogens with zero attached hydrogens (tertiary/aromatic N) is 1. The summed E-state index contributed by atoms with van der Waals surface area (Å²) in [7, 11) is 0. The fourth-order valence-electron chi connectivity index (χ4n) is 1.58. The van der Waals surface area contributed by atoms with E-state index in [-0.39, 0.29) is 0 Å². The number of anilines is 2. The molecule has 3 heteroatoms. The van der Waals surface area contributed by atoms with Crippen LogP contribution < -0.4 is 10.6 Å². The van der Waals surface area contributed by atoms with Crippen LogP contribution in [0.3, 0.4) is 0 Å². The second kappa shape index (κ2) is 3.34. The van der Waals surface area contributed by atoms with Gasteiger partial charge in [0.15, 0.2) is 0 Å². The molecule has 1 heterocycles. The normalized spacial score (nSPS) is 16.6. The highest BCUT2D eigenvalue weighted by Gasteiger charge is 2.17. The maximum atomic E-state index is 5.61. The lowest BCUT2D eigenvalue weighted by Crippen LogP contribution is -2.21. The smallest absolute Gasteiger partial charge is 0.0824 e. The Morgan fingerprint density at radius 1 is 1.23 bits per heavy atom. The van der Waals surface area contributed by atoms with Crippen molar-refractivity contribution in [3.8, 4) is 0 Å². The van der Waals surface area contributed by atoms with E-state index in [2.05, 4.69) is 4.90 Å². The molecule has 0 bridgehead atoms. The highest BCUT2D eigenvalue weighted by atomic mass is 32.1. The predicted molar refractivity (Wildman–Crippen MR) is 60.0 cm³/mol. The summed E-state index contributed by atoms with van der Waals surface area (Å²) in [5, 5.41) is 0. The Morgan fingerprint density at radius 2 is 1.92 bits per heavy atom. The molecule has 2 N–H and O–H groups in total. The van der Waals surface area contributed by atoms with E-state index in [4.69, 9.17) is 18.0 Å². The molecule has 1 fully saturated rings. The molecule has 0 unspecified atom stereocenters. The Bertz CT molecular complexity index is 318. The number of nitrogen functional groups attached to an aromatic ring is 1. The van der Waals surface area contributed by atoms with Crippen molar-refractivity contribution in [3.63, 3.8) is 0 Å². The van der Waals surface area contributed by atoms with E-state index in [0.29, 0.717) is 0 Å². The maximum Gasteiger partial charge on any atom is 0.0824 e. The van der Waals surface area contributed by atoms with Crippen LogP contribution >= 0.6 is 12.2 Å². The van der Waals surface area contributed by atoms with Gasteiger partial charge in [-0.25, -0.2) is 0 Å². The van der Waals surface area contributed by atoms with E-state index in [1.165, 1.54) is 6.42 Å². The highest BCUT2D eigenvalue weighted by molar-refractivity contribution is 7.80. The minimum Gasteiger partial charge on any atom is -0.399 e. The van der Waals surface area contributed by atoms with Crippen LogP contribution in [-0.2, 0) is 0 Å². The number of rotatable bonds is 1. The molecule has 0 radical (unpaired) electrons. The lowest BCUT2D eigenvalue weighted by molar-refractivity contribution is 0.957. The molecular weight excluding hydrogens is 180 g/mol. The molecule has 0 atom stereocenters. The number of hydrogen-bond acceptors (Lipinski definition) is 2. The van der Waals surface area contributed by atoms with Gasteiger partial charge in [0.1, 0.15) is 0 Å². The van der Waals surface area contributed by atoms with E-state index in [1.54, 1.807) is 0 Å². The summed E-state index contributed by atoms with van der Waals surface area (Å²) in [6.45, 7) is 1.04. The molecule has 2 nitrogen and oxygen atoms in total. The molecule has 1 aliphatic rings. The summed E-state index contributed by atoms with van der Waals surface area (Å²) in [6, 6.07) is 7.87. The van der Waals surface area contributed by atoms with Crippen LogP contribution in [0.2, 0.25) is 0 Å². The van der Waals surface area contributed by atoms with Gasteiger partial charge in [-0.1, -0.05) is 12.2 Å². The zero-order valence-electron chi connectivity index (χ0n) is 7.36. The van der Waals surface area contributed by atoms with Crippen LogP contribution in [0.5, 0.6) is 0 Å². The van der Waals surface area contributed by atoms with Crippen LogP contribution in [-0.4, -0.2) is 11.5 Å². The van der Waals surface area contributed by atoms with E-state index < -0.39 is 0 Å². The monoisotopic (exact) mass is 192 g/mol. The third-order valence-electron chi connectivity index (χ3n) is 2.28. The predicted octanol–water partition coefficient (Wildman–Crippen LogP) is 2.20. The van der Waals surface area contributed by atoms with Crippen molar-refractivity contribution in [1.29, 1.82) is 0 Å². The van der Waals surface area contributed by atoms with E-state index in [0.717, 1.165) is 29.3 Å². The molecule has 1 saturated heterocycles. The van der Waals surface area contributed by atoms with Crippen molar-refractivity contribution >= 4 is 28.6 Å². The first kappa shape index (κ1) is 8.51. The first-order chi connectivity index (χ1) is 6.27. The van der Waals surface area contributed by atoms with Gasteiger partial charge in [0.05, 0.1) is 4.99 Å². The molecule has 0 aliphatic carbocycles. The van der Waals surface area contributed by atoms with Gasteiger partial charge in [0, 0.05) is 17.9 Å². The first-order valence-electron chi connectivity index (χ1n) is 4.43. The first-order valence-corrected chi connectivity index (χ1v) is 4.84. The second-order valence-corrected chi connectivity index (χ2v) is 3.71. The molecular formula is C10H12N2S. The van der Waals surface area contributed by atoms with E-state index in [1.807, 2.05) is 24.3 Å². The second-order valence-electron chi connectivity index (χ2n) is 3.24. The lowest BCUT2D eigenvalue weighted by atomic mass is 10.2. The molecule has 2 rings (SSSR count). The Labute approximate surface area is 83.3 Å². The molecule has 0 aromatic heterocycles. The topological polar surface area (TPSA) is 29.3 Å². The number of benzene rings is 1. The highest BCUT2D eigenvalue weighted by Crippen LogP contribution is 2.22. The number of thiocarbonyl (C=S) groups is 1. The maximum absolute atomic E-state index is 5.61. The summed E-state index contributed by atoms with van der Waals surface area (Å²) in [6.07, 6.45) is 2.21. The van der Waals surface area contributed by atoms with E-state index in [9.17, 15) is 0 Å². The SMILES string of the molecule is Nc1ccc(N2CCCC2=S)cc1. The fourth-order valence-corrected chi connectivity index (χ4v) is 1.92. The van der Waals surface area contributed by atoms with Gasteiger partial charge in [-0.3, -0.25) is 0 Å². The third-order valence-corrected chi connectivity index (χ3v) is 2.70. The Morgan fingerprint density at radius 3 is 2.46 bits per heavy atom. The van der Waals surface area contributed by atoms with Crippen LogP contribution in [0, 0.1) is 0 Å². The van der Waals surface area contributed by atoms with Crippen LogP contribution in [0.25, 0.3) is 0 Å². The third kappa shape index (κ3) is 1.65. The zero-order chi connectivity index (χ0) is 9.26. The van der Waals surface area contributed by atoms with Gasteiger partial charge in [0.2, 0.25) is 0 Å². The van der Waals surface area contributed by atoms with Crippen LogP contribution in [0.1, 0.15) is 12.8 Å². The molecule has 1 aromatic carbocycles. The van der Waals surface area contributed by atoms with Crippen LogP contribution in [0.15, 0.2) is 24.3 Å². The number of hydrogen-bond donors (Lipinski definition) is 1. The Balaban J connectivity index is 2.25. The van der Waals surface area contributed by atoms with Crippen molar-refractivity contribution in [3.05, 3.63) is 24.3 Å². The average molecular weight is 192 g/mol. The van der Waals surface area contributed by atoms with Crippen molar-refractivity contribution < 1.29 is 0 Å². The quantitative estimate of drug-likeness (QED) is 0.546. The van der Waals surface area contributed by atoms with Crippen molar-refractivity contribution in [1.82, 2.24) is 0 Å². The summed E-state index contributed by atoms with van der Waals surface area (Å²) in [5.41, 5.74) is 7.57. The minimum absolute atomic E-state index is 0.800. The van der Waals surface area contributed by atoms with Crippen molar-refractivity contribution in [2.75, 3.05) is 17.2 Å². The summed E-state index contributed by atoms with van der Waals surface area (Å²) >= 11 is 5.25. The van der Waals surface area contributed by atoms with Gasteiger partial charge < -0.3 is 10.6 Å². The minimum atomic E-state index is 0.800. The molecule has 1 aromatic rings. The van der Waals surface area contributed by atoms with E-state index >= 15 is 0 Å². The van der Waals surface area contributed by atoms with Crippen LogP contribution in [0.4, 0.5) is 11.4 Å². The summed E-state index contributed by atoms with van der Waals surface area (Å²) in [5.74, 6) is 0. The van der Waals surface area contributed by atoms with Gasteiger partial charge in [0.25, 0.3) is 0 Å². The molecule has 0 spiro atoms. The molecule has 68 valence electrons. The average Bonchev–Trinajstić information content (AvgIpc) is 2.53. The molecule has 13 heavy (non-hydrogen) atoms. The van der Waals surface area contributed by atoms with Gasteiger partial charge >= 0.3 is 0 Å². The zero-order valence-corrected chi connectivity index (χ0v) is 8.18. The summed E-state index contributed by atoms with van der Waals surface area (Å²) in [4.78, 5) is 3.22. The standard InChI is InChI=1S/C10H12N2S/c11-8-3-5-9(6-4-8)12-7-1-2-10(12)13/h3-6H,1-2,7,11H2. The Kier molecular flexibility index (Phi) is 2.19. The van der Waals surface area contributed by atoms with Crippen molar-refractivity contribution in [2.24, 2.45) is 0 Å². The number of nitrogens with two attached hydrogens (primary N) is 1.